The maximum atomic E-state index is 9.62. The second-order valence-corrected chi connectivity index (χ2v) is 6.12. The molecule has 3 unspecified atom stereocenters. The van der Waals surface area contributed by atoms with E-state index >= 15 is 0 Å². The van der Waals surface area contributed by atoms with Crippen LogP contribution >= 0.6 is 0 Å². The number of rotatable bonds is 14. The van der Waals surface area contributed by atoms with Crippen LogP contribution in [0.4, 0.5) is 0 Å². The number of hydrogen-bond donors (Lipinski definition) is 3. The van der Waals surface area contributed by atoms with Gasteiger partial charge in [-0.25, -0.2) is 0 Å². The summed E-state index contributed by atoms with van der Waals surface area (Å²) in [5.74, 6) is 0. The van der Waals surface area contributed by atoms with E-state index in [1.165, 1.54) is 64.7 Å². The molecule has 0 aliphatic rings. The van der Waals surface area contributed by atoms with Crippen LogP contribution in [0.1, 0.15) is 90.9 Å². The molecule has 0 aliphatic carbocycles. The van der Waals surface area contributed by atoms with E-state index in [0.29, 0.717) is 6.42 Å². The molecule has 3 atom stereocenters. The largest absolute Gasteiger partial charge is 0.391 e. The zero-order valence-electron chi connectivity index (χ0n) is 13.6. The molecule has 0 aliphatic heterocycles. The Bertz CT molecular complexity index is 195. The van der Waals surface area contributed by atoms with Gasteiger partial charge in [-0.3, -0.25) is 0 Å². The van der Waals surface area contributed by atoms with Crippen molar-refractivity contribution in [3.63, 3.8) is 0 Å². The molecule has 0 rings (SSSR count). The minimum atomic E-state index is -1.00. The molecule has 20 heavy (non-hydrogen) atoms. The first-order valence-electron chi connectivity index (χ1n) is 8.63. The fraction of sp³-hybridized carbons (Fsp3) is 1.00. The van der Waals surface area contributed by atoms with E-state index in [1.54, 1.807) is 0 Å². The Balaban J connectivity index is 3.20. The molecule has 0 spiro atoms. The predicted molar refractivity (Wildman–Crippen MR) is 84.8 cm³/mol. The van der Waals surface area contributed by atoms with Crippen LogP contribution in [0.5, 0.6) is 0 Å². The summed E-state index contributed by atoms with van der Waals surface area (Å²) < 4.78 is 0. The highest BCUT2D eigenvalue weighted by Gasteiger charge is 2.20. The normalized spacial score (nSPS) is 16.1. The second-order valence-electron chi connectivity index (χ2n) is 6.12. The molecular formula is C17H36O3. The van der Waals surface area contributed by atoms with Gasteiger partial charge in [0.1, 0.15) is 6.10 Å². The minimum Gasteiger partial charge on any atom is -0.391 e. The fourth-order valence-electron chi connectivity index (χ4n) is 2.51. The first-order chi connectivity index (χ1) is 9.59. The van der Waals surface area contributed by atoms with E-state index in [4.69, 9.17) is 5.11 Å². The number of aliphatic hydroxyl groups is 3. The highest BCUT2D eigenvalue weighted by molar-refractivity contribution is 4.71. The molecule has 0 aromatic rings. The van der Waals surface area contributed by atoms with Crippen LogP contribution in [0, 0.1) is 0 Å². The Hall–Kier alpha value is -0.120. The minimum absolute atomic E-state index is 0.586. The van der Waals surface area contributed by atoms with Crippen molar-refractivity contribution in [2.45, 2.75) is 109 Å². The van der Waals surface area contributed by atoms with Gasteiger partial charge in [0.15, 0.2) is 0 Å². The summed E-state index contributed by atoms with van der Waals surface area (Å²) in [5.41, 5.74) is 0. The van der Waals surface area contributed by atoms with Crippen molar-refractivity contribution in [3.05, 3.63) is 0 Å². The van der Waals surface area contributed by atoms with Crippen molar-refractivity contribution >= 4 is 0 Å². The van der Waals surface area contributed by atoms with E-state index in [1.807, 2.05) is 0 Å². The molecule has 3 heteroatoms. The Morgan fingerprint density at radius 2 is 1.05 bits per heavy atom. The molecule has 3 N–H and O–H groups in total. The van der Waals surface area contributed by atoms with E-state index in [0.717, 1.165) is 12.8 Å². The Morgan fingerprint density at radius 1 is 0.650 bits per heavy atom. The predicted octanol–water partition coefficient (Wildman–Crippen LogP) is 3.79. The summed E-state index contributed by atoms with van der Waals surface area (Å²) in [5, 5.41) is 28.2. The highest BCUT2D eigenvalue weighted by Crippen LogP contribution is 2.14. The van der Waals surface area contributed by atoms with Crippen LogP contribution < -0.4 is 0 Å². The van der Waals surface area contributed by atoms with Crippen molar-refractivity contribution < 1.29 is 15.3 Å². The molecule has 3 nitrogen and oxygen atoms in total. The summed E-state index contributed by atoms with van der Waals surface area (Å²) in [6.07, 6.45) is 12.0. The second kappa shape index (κ2) is 13.8. The molecule has 0 fully saturated rings. The summed E-state index contributed by atoms with van der Waals surface area (Å²) in [6, 6.07) is 0. The van der Waals surface area contributed by atoms with E-state index in [-0.39, 0.29) is 0 Å². The molecule has 0 saturated heterocycles. The van der Waals surface area contributed by atoms with E-state index in [2.05, 4.69) is 6.92 Å². The molecule has 0 bridgehead atoms. The van der Waals surface area contributed by atoms with Gasteiger partial charge in [0.25, 0.3) is 0 Å². The van der Waals surface area contributed by atoms with Crippen LogP contribution in [0.2, 0.25) is 0 Å². The van der Waals surface area contributed by atoms with Crippen LogP contribution in [0.3, 0.4) is 0 Å². The molecule has 0 amide bonds. The third kappa shape index (κ3) is 11.7. The van der Waals surface area contributed by atoms with Gasteiger partial charge in [0.2, 0.25) is 0 Å². The molecular weight excluding hydrogens is 252 g/mol. The van der Waals surface area contributed by atoms with Gasteiger partial charge in [-0.05, 0) is 13.3 Å². The number of aliphatic hydroxyl groups excluding tert-OH is 3. The van der Waals surface area contributed by atoms with Crippen molar-refractivity contribution in [2.75, 3.05) is 0 Å². The van der Waals surface area contributed by atoms with E-state index < -0.39 is 18.3 Å². The van der Waals surface area contributed by atoms with Crippen molar-refractivity contribution in [2.24, 2.45) is 0 Å². The van der Waals surface area contributed by atoms with Gasteiger partial charge in [-0.15, -0.1) is 0 Å². The van der Waals surface area contributed by atoms with Crippen LogP contribution in [-0.4, -0.2) is 33.6 Å². The lowest BCUT2D eigenvalue weighted by molar-refractivity contribution is -0.0550. The average molecular weight is 288 g/mol. The van der Waals surface area contributed by atoms with Crippen molar-refractivity contribution in [3.8, 4) is 0 Å². The zero-order valence-corrected chi connectivity index (χ0v) is 13.6. The number of unbranched alkanes of at least 4 members (excludes halogenated alkanes) is 10. The van der Waals surface area contributed by atoms with E-state index in [9.17, 15) is 10.2 Å². The molecule has 0 saturated carbocycles. The molecule has 0 aromatic carbocycles. The quantitative estimate of drug-likeness (QED) is 0.426. The summed E-state index contributed by atoms with van der Waals surface area (Å²) in [6.45, 7) is 3.76. The van der Waals surface area contributed by atoms with Gasteiger partial charge in [0, 0.05) is 0 Å². The van der Waals surface area contributed by atoms with Crippen LogP contribution in [0.15, 0.2) is 0 Å². The van der Waals surface area contributed by atoms with Crippen LogP contribution in [0.25, 0.3) is 0 Å². The Kier molecular flexibility index (Phi) is 13.8. The highest BCUT2D eigenvalue weighted by atomic mass is 16.4. The van der Waals surface area contributed by atoms with Gasteiger partial charge in [-0.2, -0.15) is 0 Å². The lowest BCUT2D eigenvalue weighted by atomic mass is 10.0. The Morgan fingerprint density at radius 3 is 1.45 bits per heavy atom. The van der Waals surface area contributed by atoms with Crippen molar-refractivity contribution in [1.82, 2.24) is 0 Å². The molecule has 0 aromatic heterocycles. The third-order valence-corrected chi connectivity index (χ3v) is 3.99. The van der Waals surface area contributed by atoms with Gasteiger partial charge in [0.05, 0.1) is 12.2 Å². The molecule has 0 radical (unpaired) electrons. The summed E-state index contributed by atoms with van der Waals surface area (Å²) >= 11 is 0. The smallest absolute Gasteiger partial charge is 0.105 e. The van der Waals surface area contributed by atoms with Crippen LogP contribution in [-0.2, 0) is 0 Å². The Labute approximate surface area is 125 Å². The summed E-state index contributed by atoms with van der Waals surface area (Å²) in [4.78, 5) is 0. The molecule has 122 valence electrons. The maximum Gasteiger partial charge on any atom is 0.105 e. The third-order valence-electron chi connectivity index (χ3n) is 3.99. The van der Waals surface area contributed by atoms with Gasteiger partial charge < -0.3 is 15.3 Å². The van der Waals surface area contributed by atoms with Crippen molar-refractivity contribution in [1.29, 1.82) is 0 Å². The lowest BCUT2D eigenvalue weighted by Crippen LogP contribution is -2.35. The maximum absolute atomic E-state index is 9.62. The average Bonchev–Trinajstić information content (AvgIpc) is 2.43. The fourth-order valence-corrected chi connectivity index (χ4v) is 2.51. The van der Waals surface area contributed by atoms with Gasteiger partial charge >= 0.3 is 0 Å². The SMILES string of the molecule is CCCCCCCCCCCCCC(O)C(O)C(C)O. The zero-order chi connectivity index (χ0) is 15.2. The molecule has 0 heterocycles. The lowest BCUT2D eigenvalue weighted by Gasteiger charge is -2.19. The first-order valence-corrected chi connectivity index (χ1v) is 8.63. The standard InChI is InChI=1S/C17H36O3/c1-3-4-5-6-7-8-9-10-11-12-13-14-16(19)17(20)15(2)18/h15-20H,3-14H2,1-2H3. The van der Waals surface area contributed by atoms with Gasteiger partial charge in [-0.1, -0.05) is 77.6 Å². The monoisotopic (exact) mass is 288 g/mol. The number of hydrogen-bond acceptors (Lipinski definition) is 3. The summed E-state index contributed by atoms with van der Waals surface area (Å²) in [7, 11) is 0. The topological polar surface area (TPSA) is 60.7 Å². The first kappa shape index (κ1) is 19.9.